The minimum atomic E-state index is 0.0751. The van der Waals surface area contributed by atoms with Gasteiger partial charge >= 0.3 is 0 Å². The van der Waals surface area contributed by atoms with Gasteiger partial charge in [-0.3, -0.25) is 4.68 Å². The molecule has 0 aliphatic carbocycles. The van der Waals surface area contributed by atoms with E-state index in [2.05, 4.69) is 5.10 Å². The van der Waals surface area contributed by atoms with Gasteiger partial charge in [0.25, 0.3) is 0 Å². The van der Waals surface area contributed by atoms with Gasteiger partial charge in [0.1, 0.15) is 0 Å². The van der Waals surface area contributed by atoms with Crippen LogP contribution in [-0.4, -0.2) is 27.6 Å². The third kappa shape index (κ3) is 3.04. The number of aliphatic hydroxyl groups excluding tert-OH is 1. The molecule has 1 aliphatic rings. The van der Waals surface area contributed by atoms with Gasteiger partial charge in [0.05, 0.1) is 18.9 Å². The SMILES string of the molecule is OCc1cnn(CCCC2CCCO2)c1. The standard InChI is InChI=1S/C11H18N2O2/c14-9-10-7-12-13(8-10)5-1-3-11-4-2-6-15-11/h7-8,11,14H,1-6,9H2. The van der Waals surface area contributed by atoms with Crippen LogP contribution in [0, 0.1) is 0 Å². The molecule has 1 fully saturated rings. The van der Waals surface area contributed by atoms with E-state index in [-0.39, 0.29) is 6.61 Å². The van der Waals surface area contributed by atoms with Crippen LogP contribution in [0.4, 0.5) is 0 Å². The van der Waals surface area contributed by atoms with E-state index in [0.717, 1.165) is 31.6 Å². The maximum absolute atomic E-state index is 8.88. The van der Waals surface area contributed by atoms with Crippen molar-refractivity contribution in [3.8, 4) is 0 Å². The third-order valence-corrected chi connectivity index (χ3v) is 2.81. The summed E-state index contributed by atoms with van der Waals surface area (Å²) in [5, 5.41) is 13.0. The van der Waals surface area contributed by atoms with E-state index in [1.807, 2.05) is 10.9 Å². The monoisotopic (exact) mass is 210 g/mol. The largest absolute Gasteiger partial charge is 0.392 e. The molecule has 1 atom stereocenters. The highest BCUT2D eigenvalue weighted by Gasteiger charge is 2.14. The lowest BCUT2D eigenvalue weighted by atomic mass is 10.1. The van der Waals surface area contributed by atoms with Gasteiger partial charge in [0.2, 0.25) is 0 Å². The van der Waals surface area contributed by atoms with E-state index in [0.29, 0.717) is 6.10 Å². The molecular formula is C11H18N2O2. The number of aromatic nitrogens is 2. The van der Waals surface area contributed by atoms with Gasteiger partial charge < -0.3 is 9.84 Å². The molecule has 1 unspecified atom stereocenters. The lowest BCUT2D eigenvalue weighted by Gasteiger charge is -2.08. The molecule has 2 rings (SSSR count). The summed E-state index contributed by atoms with van der Waals surface area (Å²) in [4.78, 5) is 0. The van der Waals surface area contributed by atoms with E-state index >= 15 is 0 Å². The van der Waals surface area contributed by atoms with Crippen LogP contribution in [0.15, 0.2) is 12.4 Å². The first kappa shape index (κ1) is 10.6. The van der Waals surface area contributed by atoms with Crippen LogP contribution in [0.5, 0.6) is 0 Å². The van der Waals surface area contributed by atoms with Gasteiger partial charge in [0.15, 0.2) is 0 Å². The maximum Gasteiger partial charge on any atom is 0.0712 e. The van der Waals surface area contributed by atoms with Gasteiger partial charge in [-0.1, -0.05) is 0 Å². The molecule has 0 bridgehead atoms. The average molecular weight is 210 g/mol. The molecule has 0 spiro atoms. The molecule has 2 heterocycles. The number of aliphatic hydroxyl groups is 1. The zero-order valence-corrected chi connectivity index (χ0v) is 8.93. The van der Waals surface area contributed by atoms with Crippen LogP contribution in [0.25, 0.3) is 0 Å². The lowest BCUT2D eigenvalue weighted by Crippen LogP contribution is -2.07. The van der Waals surface area contributed by atoms with E-state index in [9.17, 15) is 0 Å². The van der Waals surface area contributed by atoms with Crippen LogP contribution in [0.1, 0.15) is 31.2 Å². The van der Waals surface area contributed by atoms with Gasteiger partial charge in [-0.25, -0.2) is 0 Å². The smallest absolute Gasteiger partial charge is 0.0712 e. The van der Waals surface area contributed by atoms with Crippen molar-refractivity contribution in [1.82, 2.24) is 9.78 Å². The Hall–Kier alpha value is -0.870. The second-order valence-electron chi connectivity index (χ2n) is 4.05. The Kier molecular flexibility index (Phi) is 3.75. The molecule has 0 amide bonds. The number of rotatable bonds is 5. The second-order valence-corrected chi connectivity index (χ2v) is 4.05. The van der Waals surface area contributed by atoms with Gasteiger partial charge in [-0.05, 0) is 25.7 Å². The molecule has 1 aromatic rings. The van der Waals surface area contributed by atoms with Gasteiger partial charge in [0, 0.05) is 24.9 Å². The molecule has 0 saturated carbocycles. The van der Waals surface area contributed by atoms with Crippen molar-refractivity contribution < 1.29 is 9.84 Å². The highest BCUT2D eigenvalue weighted by molar-refractivity contribution is 5.01. The van der Waals surface area contributed by atoms with Crippen molar-refractivity contribution in [2.75, 3.05) is 6.61 Å². The molecule has 4 heteroatoms. The summed E-state index contributed by atoms with van der Waals surface area (Å²) >= 11 is 0. The number of ether oxygens (including phenoxy) is 1. The summed E-state index contributed by atoms with van der Waals surface area (Å²) in [6.07, 6.45) is 8.72. The zero-order valence-electron chi connectivity index (χ0n) is 8.93. The Bertz CT molecular complexity index is 293. The fraction of sp³-hybridized carbons (Fsp3) is 0.727. The first-order valence-electron chi connectivity index (χ1n) is 5.62. The quantitative estimate of drug-likeness (QED) is 0.797. The van der Waals surface area contributed by atoms with Crippen LogP contribution in [0.2, 0.25) is 0 Å². The number of nitrogens with zero attached hydrogens (tertiary/aromatic N) is 2. The summed E-state index contributed by atoms with van der Waals surface area (Å²) in [6.45, 7) is 1.92. The summed E-state index contributed by atoms with van der Waals surface area (Å²) in [7, 11) is 0. The topological polar surface area (TPSA) is 47.3 Å². The fourth-order valence-electron chi connectivity index (χ4n) is 1.96. The van der Waals surface area contributed by atoms with Gasteiger partial charge in [-0.2, -0.15) is 5.10 Å². The molecule has 1 saturated heterocycles. The lowest BCUT2D eigenvalue weighted by molar-refractivity contribution is 0.101. The molecule has 1 N–H and O–H groups in total. The van der Waals surface area contributed by atoms with Crippen LogP contribution in [-0.2, 0) is 17.9 Å². The van der Waals surface area contributed by atoms with E-state index in [1.165, 1.54) is 12.8 Å². The van der Waals surface area contributed by atoms with E-state index in [1.54, 1.807) is 6.20 Å². The van der Waals surface area contributed by atoms with Crippen molar-refractivity contribution in [3.63, 3.8) is 0 Å². The van der Waals surface area contributed by atoms with Crippen LogP contribution >= 0.6 is 0 Å². The van der Waals surface area contributed by atoms with Crippen molar-refractivity contribution >= 4 is 0 Å². The summed E-state index contributed by atoms with van der Waals surface area (Å²) in [5.41, 5.74) is 0.882. The van der Waals surface area contributed by atoms with Crippen molar-refractivity contribution in [2.24, 2.45) is 0 Å². The molecule has 84 valence electrons. The molecule has 4 nitrogen and oxygen atoms in total. The van der Waals surface area contributed by atoms with Crippen molar-refractivity contribution in [1.29, 1.82) is 0 Å². The Labute approximate surface area is 89.9 Å². The molecule has 0 radical (unpaired) electrons. The summed E-state index contributed by atoms with van der Waals surface area (Å²) in [6, 6.07) is 0. The Morgan fingerprint density at radius 3 is 3.20 bits per heavy atom. The molecular weight excluding hydrogens is 192 g/mol. The molecule has 0 aromatic carbocycles. The first-order valence-corrected chi connectivity index (χ1v) is 5.62. The highest BCUT2D eigenvalue weighted by Crippen LogP contribution is 2.17. The van der Waals surface area contributed by atoms with E-state index < -0.39 is 0 Å². The first-order chi connectivity index (χ1) is 7.38. The Balaban J connectivity index is 1.68. The van der Waals surface area contributed by atoms with Crippen molar-refractivity contribution in [3.05, 3.63) is 18.0 Å². The van der Waals surface area contributed by atoms with Crippen molar-refractivity contribution in [2.45, 2.75) is 44.9 Å². The summed E-state index contributed by atoms with van der Waals surface area (Å²) in [5.74, 6) is 0. The normalized spacial score (nSPS) is 21.0. The maximum atomic E-state index is 8.88. The molecule has 1 aliphatic heterocycles. The second kappa shape index (κ2) is 5.28. The molecule has 15 heavy (non-hydrogen) atoms. The average Bonchev–Trinajstić information content (AvgIpc) is 2.88. The Morgan fingerprint density at radius 2 is 2.53 bits per heavy atom. The predicted octanol–water partition coefficient (Wildman–Crippen LogP) is 1.33. The molecule has 1 aromatic heterocycles. The van der Waals surface area contributed by atoms with Crippen LogP contribution < -0.4 is 0 Å². The number of hydrogen-bond donors (Lipinski definition) is 1. The minimum absolute atomic E-state index is 0.0751. The zero-order chi connectivity index (χ0) is 10.5. The number of hydrogen-bond acceptors (Lipinski definition) is 3. The predicted molar refractivity (Wildman–Crippen MR) is 56.4 cm³/mol. The fourth-order valence-corrected chi connectivity index (χ4v) is 1.96. The van der Waals surface area contributed by atoms with Crippen LogP contribution in [0.3, 0.4) is 0 Å². The van der Waals surface area contributed by atoms with E-state index in [4.69, 9.17) is 9.84 Å². The minimum Gasteiger partial charge on any atom is -0.392 e. The number of aryl methyl sites for hydroxylation is 1. The van der Waals surface area contributed by atoms with Gasteiger partial charge in [-0.15, -0.1) is 0 Å². The summed E-state index contributed by atoms with van der Waals surface area (Å²) < 4.78 is 7.44. The Morgan fingerprint density at radius 1 is 1.60 bits per heavy atom. The third-order valence-electron chi connectivity index (χ3n) is 2.81. The highest BCUT2D eigenvalue weighted by atomic mass is 16.5.